The highest BCUT2D eigenvalue weighted by molar-refractivity contribution is 7.89. The van der Waals surface area contributed by atoms with Crippen LogP contribution in [0, 0.1) is 13.8 Å². The lowest BCUT2D eigenvalue weighted by atomic mass is 10.2. The van der Waals surface area contributed by atoms with Crippen molar-refractivity contribution in [2.75, 3.05) is 39.4 Å². The van der Waals surface area contributed by atoms with Crippen LogP contribution >= 0.6 is 0 Å². The highest BCUT2D eigenvalue weighted by Gasteiger charge is 2.32. The van der Waals surface area contributed by atoms with E-state index in [-0.39, 0.29) is 24.8 Å². The lowest BCUT2D eigenvalue weighted by Gasteiger charge is -2.34. The van der Waals surface area contributed by atoms with Crippen LogP contribution < -0.4 is 0 Å². The third kappa shape index (κ3) is 3.64. The predicted octanol–water partition coefficient (Wildman–Crippen LogP) is 1.02. The molecular formula is C17H22N2O5S. The highest BCUT2D eigenvalue weighted by atomic mass is 32.2. The lowest BCUT2D eigenvalue weighted by molar-refractivity contribution is -0.133. The summed E-state index contributed by atoms with van der Waals surface area (Å²) in [6.45, 7) is 5.67. The van der Waals surface area contributed by atoms with Gasteiger partial charge in [0.2, 0.25) is 15.8 Å². The van der Waals surface area contributed by atoms with Gasteiger partial charge in [-0.3, -0.25) is 4.79 Å². The van der Waals surface area contributed by atoms with E-state index in [1.807, 2.05) is 13.0 Å². The van der Waals surface area contributed by atoms with Crippen LogP contribution in [-0.4, -0.2) is 62.9 Å². The summed E-state index contributed by atoms with van der Waals surface area (Å²) in [5.41, 5.74) is 1.76. The number of piperazine rings is 1. The second-order valence-electron chi connectivity index (χ2n) is 6.17. The molecule has 2 aliphatic rings. The van der Waals surface area contributed by atoms with Gasteiger partial charge >= 0.3 is 0 Å². The number of ether oxygens (including phenoxy) is 2. The first-order valence-corrected chi connectivity index (χ1v) is 9.65. The van der Waals surface area contributed by atoms with Crippen LogP contribution in [0.3, 0.4) is 0 Å². The summed E-state index contributed by atoms with van der Waals surface area (Å²) in [4.78, 5) is 14.3. The number of rotatable bonds is 3. The van der Waals surface area contributed by atoms with Gasteiger partial charge in [-0.25, -0.2) is 8.42 Å². The molecule has 3 rings (SSSR count). The normalized spacial score (nSPS) is 19.0. The maximum Gasteiger partial charge on any atom is 0.292 e. The molecular weight excluding hydrogens is 344 g/mol. The molecule has 1 fully saturated rings. The molecule has 0 radical (unpaired) electrons. The molecule has 0 bridgehead atoms. The van der Waals surface area contributed by atoms with Crippen LogP contribution in [0.5, 0.6) is 0 Å². The Hall–Kier alpha value is -2.06. The number of sulfonamides is 1. The minimum Gasteiger partial charge on any atom is -0.494 e. The van der Waals surface area contributed by atoms with E-state index >= 15 is 0 Å². The van der Waals surface area contributed by atoms with Crippen molar-refractivity contribution in [3.63, 3.8) is 0 Å². The first-order valence-electron chi connectivity index (χ1n) is 8.21. The summed E-state index contributed by atoms with van der Waals surface area (Å²) < 4.78 is 37.6. The topological polar surface area (TPSA) is 76.2 Å². The van der Waals surface area contributed by atoms with E-state index in [4.69, 9.17) is 9.47 Å². The molecule has 0 saturated carbocycles. The molecule has 7 nitrogen and oxygen atoms in total. The van der Waals surface area contributed by atoms with Crippen molar-refractivity contribution in [2.24, 2.45) is 0 Å². The van der Waals surface area contributed by atoms with Crippen LogP contribution in [0.25, 0.3) is 0 Å². The smallest absolute Gasteiger partial charge is 0.292 e. The number of carbonyl (C=O) groups is 1. The average Bonchev–Trinajstić information content (AvgIpc) is 2.61. The Bertz CT molecular complexity index is 795. The zero-order valence-corrected chi connectivity index (χ0v) is 15.2. The number of carbonyl (C=O) groups excluding carboxylic acids is 1. The number of hydrogen-bond donors (Lipinski definition) is 0. The fraction of sp³-hybridized carbons (Fsp3) is 0.471. The van der Waals surface area contributed by atoms with Gasteiger partial charge in [-0.05, 0) is 25.5 Å². The van der Waals surface area contributed by atoms with E-state index in [2.05, 4.69) is 0 Å². The predicted molar refractivity (Wildman–Crippen MR) is 91.2 cm³/mol. The number of aryl methyl sites for hydroxylation is 2. The largest absolute Gasteiger partial charge is 0.494 e. The molecule has 1 aromatic carbocycles. The van der Waals surface area contributed by atoms with Crippen molar-refractivity contribution >= 4 is 15.9 Å². The van der Waals surface area contributed by atoms with E-state index in [9.17, 15) is 13.2 Å². The van der Waals surface area contributed by atoms with Crippen molar-refractivity contribution in [1.82, 2.24) is 9.21 Å². The number of nitrogens with zero attached hydrogens (tertiary/aromatic N) is 2. The van der Waals surface area contributed by atoms with Gasteiger partial charge in [0.25, 0.3) is 5.91 Å². The summed E-state index contributed by atoms with van der Waals surface area (Å²) in [6, 6.07) is 5.31. The minimum atomic E-state index is -3.56. The minimum absolute atomic E-state index is 0.178. The van der Waals surface area contributed by atoms with Gasteiger partial charge < -0.3 is 14.4 Å². The fourth-order valence-corrected chi connectivity index (χ4v) is 4.62. The highest BCUT2D eigenvalue weighted by Crippen LogP contribution is 2.22. The second kappa shape index (κ2) is 7.05. The third-order valence-electron chi connectivity index (χ3n) is 4.33. The van der Waals surface area contributed by atoms with E-state index in [0.29, 0.717) is 31.2 Å². The Balaban J connectivity index is 1.69. The molecule has 0 aromatic heterocycles. The molecule has 0 aliphatic carbocycles. The SMILES string of the molecule is Cc1ccc(S(=O)(=O)N2CCN(C(=O)C3=COCCO3)CC2)c(C)c1. The fourth-order valence-electron chi connectivity index (χ4n) is 3.00. The monoisotopic (exact) mass is 366 g/mol. The van der Waals surface area contributed by atoms with Crippen LogP contribution in [0.4, 0.5) is 0 Å². The molecule has 0 N–H and O–H groups in total. The van der Waals surface area contributed by atoms with Crippen molar-refractivity contribution in [2.45, 2.75) is 18.7 Å². The molecule has 0 atom stereocenters. The summed E-state index contributed by atoms with van der Waals surface area (Å²) in [5.74, 6) is -0.0831. The van der Waals surface area contributed by atoms with Gasteiger partial charge in [-0.1, -0.05) is 17.7 Å². The van der Waals surface area contributed by atoms with Crippen molar-refractivity contribution in [3.05, 3.63) is 41.3 Å². The zero-order valence-electron chi connectivity index (χ0n) is 14.4. The van der Waals surface area contributed by atoms with E-state index < -0.39 is 10.0 Å². The Kier molecular flexibility index (Phi) is 5.01. The van der Waals surface area contributed by atoms with E-state index in [1.54, 1.807) is 24.0 Å². The van der Waals surface area contributed by atoms with Crippen LogP contribution in [0.2, 0.25) is 0 Å². The summed E-state index contributed by atoms with van der Waals surface area (Å²) in [6.07, 6.45) is 1.32. The van der Waals surface area contributed by atoms with Crippen molar-refractivity contribution < 1.29 is 22.7 Å². The molecule has 0 unspecified atom stereocenters. The molecule has 2 heterocycles. The molecule has 0 spiro atoms. The molecule has 25 heavy (non-hydrogen) atoms. The molecule has 1 amide bonds. The Morgan fingerprint density at radius 3 is 2.40 bits per heavy atom. The molecule has 1 aromatic rings. The lowest BCUT2D eigenvalue weighted by Crippen LogP contribution is -2.51. The second-order valence-corrected chi connectivity index (χ2v) is 8.07. The van der Waals surface area contributed by atoms with Crippen molar-refractivity contribution in [3.8, 4) is 0 Å². The summed E-state index contributed by atoms with van der Waals surface area (Å²) in [7, 11) is -3.56. The average molecular weight is 366 g/mol. The number of hydrogen-bond acceptors (Lipinski definition) is 5. The van der Waals surface area contributed by atoms with Gasteiger partial charge in [0.1, 0.15) is 19.5 Å². The Morgan fingerprint density at radius 2 is 1.80 bits per heavy atom. The van der Waals surface area contributed by atoms with E-state index in [1.165, 1.54) is 10.6 Å². The molecule has 136 valence electrons. The molecule has 1 saturated heterocycles. The van der Waals surface area contributed by atoms with Gasteiger partial charge in [0.05, 0.1) is 4.90 Å². The quantitative estimate of drug-likeness (QED) is 0.798. The van der Waals surface area contributed by atoms with Gasteiger partial charge in [0, 0.05) is 26.2 Å². The van der Waals surface area contributed by atoms with Gasteiger partial charge in [-0.15, -0.1) is 0 Å². The van der Waals surface area contributed by atoms with Crippen LogP contribution in [0.15, 0.2) is 35.1 Å². The first-order chi connectivity index (χ1) is 11.9. The molecule has 2 aliphatic heterocycles. The maximum absolute atomic E-state index is 12.9. The zero-order chi connectivity index (χ0) is 18.0. The third-order valence-corrected chi connectivity index (χ3v) is 6.39. The number of amides is 1. The molecule has 8 heteroatoms. The van der Waals surface area contributed by atoms with Gasteiger partial charge in [-0.2, -0.15) is 4.31 Å². The standard InChI is InChI=1S/C17H22N2O5S/c1-13-3-4-16(14(2)11-13)25(21,22)19-7-5-18(6-8-19)17(20)15-12-23-9-10-24-15/h3-4,11-12H,5-10H2,1-2H3. The van der Waals surface area contributed by atoms with Crippen LogP contribution in [-0.2, 0) is 24.3 Å². The van der Waals surface area contributed by atoms with Crippen LogP contribution in [0.1, 0.15) is 11.1 Å². The summed E-state index contributed by atoms with van der Waals surface area (Å²) >= 11 is 0. The number of benzene rings is 1. The van der Waals surface area contributed by atoms with E-state index in [0.717, 1.165) is 11.1 Å². The Morgan fingerprint density at radius 1 is 1.08 bits per heavy atom. The Labute approximate surface area is 147 Å². The first kappa shape index (κ1) is 17.8. The van der Waals surface area contributed by atoms with Gasteiger partial charge in [0.15, 0.2) is 0 Å². The maximum atomic E-state index is 12.9. The van der Waals surface area contributed by atoms with Crippen molar-refractivity contribution in [1.29, 1.82) is 0 Å². The summed E-state index contributed by atoms with van der Waals surface area (Å²) in [5, 5.41) is 0.